The van der Waals surface area contributed by atoms with E-state index in [-0.39, 0.29) is 5.56 Å². The van der Waals surface area contributed by atoms with E-state index < -0.39 is 0 Å². The Kier molecular flexibility index (Phi) is 5.15. The highest BCUT2D eigenvalue weighted by Gasteiger charge is 2.02. The van der Waals surface area contributed by atoms with E-state index in [2.05, 4.69) is 9.97 Å². The fourth-order valence-electron chi connectivity index (χ4n) is 1.75. The molecule has 5 nitrogen and oxygen atoms in total. The van der Waals surface area contributed by atoms with Gasteiger partial charge in [0.05, 0.1) is 6.61 Å². The van der Waals surface area contributed by atoms with Gasteiger partial charge < -0.3 is 15.5 Å². The van der Waals surface area contributed by atoms with Crippen LogP contribution in [0.2, 0.25) is 5.02 Å². The molecule has 0 radical (unpaired) electrons. The van der Waals surface area contributed by atoms with Crippen LogP contribution >= 0.6 is 11.6 Å². The zero-order chi connectivity index (χ0) is 14.4. The van der Waals surface area contributed by atoms with Crippen LogP contribution in [0.4, 0.5) is 0 Å². The molecule has 0 aliphatic rings. The van der Waals surface area contributed by atoms with Gasteiger partial charge in [-0.05, 0) is 30.8 Å². The lowest BCUT2D eigenvalue weighted by Gasteiger charge is -2.06. The van der Waals surface area contributed by atoms with Crippen molar-refractivity contribution in [3.63, 3.8) is 0 Å². The van der Waals surface area contributed by atoms with Crippen molar-refractivity contribution in [1.29, 1.82) is 0 Å². The van der Waals surface area contributed by atoms with Gasteiger partial charge >= 0.3 is 0 Å². The van der Waals surface area contributed by atoms with E-state index in [4.69, 9.17) is 22.1 Å². The molecule has 0 spiro atoms. The smallest absolute Gasteiger partial charge is 0.251 e. The van der Waals surface area contributed by atoms with Gasteiger partial charge in [-0.3, -0.25) is 4.79 Å². The first-order valence-electron chi connectivity index (χ1n) is 6.35. The van der Waals surface area contributed by atoms with Crippen molar-refractivity contribution in [2.45, 2.75) is 12.8 Å². The predicted molar refractivity (Wildman–Crippen MR) is 78.3 cm³/mol. The number of H-pyrrole nitrogens is 1. The number of hydrogen-bond donors (Lipinski definition) is 2. The number of ether oxygens (including phenoxy) is 1. The molecule has 0 saturated carbocycles. The molecule has 0 saturated heterocycles. The first-order chi connectivity index (χ1) is 9.67. The topological polar surface area (TPSA) is 81.0 Å². The van der Waals surface area contributed by atoms with Gasteiger partial charge in [-0.1, -0.05) is 11.6 Å². The summed E-state index contributed by atoms with van der Waals surface area (Å²) in [5.74, 6) is 1.34. The second-order valence-electron chi connectivity index (χ2n) is 4.27. The van der Waals surface area contributed by atoms with Gasteiger partial charge in [-0.2, -0.15) is 0 Å². The number of aromatic nitrogens is 2. The number of nitrogens with two attached hydrogens (primary N) is 1. The molecule has 0 amide bonds. The standard InChI is InChI=1S/C14H16ClN3O2/c15-10-1-3-12(4-2-10)20-8-6-13-17-11(5-7-16)9-14(19)18-13/h1-4,9H,5-8,16H2,(H,17,18,19). The monoisotopic (exact) mass is 293 g/mol. The Bertz CT molecular complexity index is 611. The molecule has 6 heteroatoms. The molecule has 3 N–H and O–H groups in total. The first-order valence-corrected chi connectivity index (χ1v) is 6.73. The number of nitrogens with one attached hydrogen (secondary N) is 1. The Morgan fingerprint density at radius 3 is 2.70 bits per heavy atom. The van der Waals surface area contributed by atoms with E-state index in [9.17, 15) is 4.79 Å². The number of halogens is 1. The van der Waals surface area contributed by atoms with Crippen molar-refractivity contribution in [3.05, 3.63) is 57.2 Å². The molecule has 2 rings (SSSR count). The number of aromatic amines is 1. The molecular formula is C14H16ClN3O2. The third-order valence-electron chi connectivity index (χ3n) is 2.67. The molecule has 106 valence electrons. The third-order valence-corrected chi connectivity index (χ3v) is 2.92. The summed E-state index contributed by atoms with van der Waals surface area (Å²) in [4.78, 5) is 18.5. The zero-order valence-corrected chi connectivity index (χ0v) is 11.7. The number of rotatable bonds is 6. The van der Waals surface area contributed by atoms with E-state index in [1.807, 2.05) is 0 Å². The van der Waals surface area contributed by atoms with E-state index in [1.165, 1.54) is 6.07 Å². The van der Waals surface area contributed by atoms with Crippen LogP contribution in [0.3, 0.4) is 0 Å². The molecule has 2 aromatic rings. The second kappa shape index (κ2) is 7.07. The molecule has 0 bridgehead atoms. The van der Waals surface area contributed by atoms with Crippen LogP contribution in [0.25, 0.3) is 0 Å². The lowest BCUT2D eigenvalue weighted by molar-refractivity contribution is 0.318. The number of benzene rings is 1. The second-order valence-corrected chi connectivity index (χ2v) is 4.71. The summed E-state index contributed by atoms with van der Waals surface area (Å²) >= 11 is 5.79. The highest BCUT2D eigenvalue weighted by atomic mass is 35.5. The molecule has 1 aromatic carbocycles. The molecule has 1 aromatic heterocycles. The number of hydrogen-bond acceptors (Lipinski definition) is 4. The van der Waals surface area contributed by atoms with Crippen molar-refractivity contribution in [3.8, 4) is 5.75 Å². The minimum absolute atomic E-state index is 0.162. The Morgan fingerprint density at radius 1 is 1.25 bits per heavy atom. The third kappa shape index (κ3) is 4.36. The maximum Gasteiger partial charge on any atom is 0.251 e. The molecule has 0 fully saturated rings. The van der Waals surface area contributed by atoms with Crippen LogP contribution in [0.5, 0.6) is 5.75 Å². The summed E-state index contributed by atoms with van der Waals surface area (Å²) in [6.07, 6.45) is 1.12. The fraction of sp³-hybridized carbons (Fsp3) is 0.286. The van der Waals surface area contributed by atoms with Crippen molar-refractivity contribution in [2.24, 2.45) is 5.73 Å². The van der Waals surface area contributed by atoms with Crippen molar-refractivity contribution < 1.29 is 4.74 Å². The average molecular weight is 294 g/mol. The molecule has 0 aliphatic heterocycles. The van der Waals surface area contributed by atoms with Crippen LogP contribution in [-0.2, 0) is 12.8 Å². The average Bonchev–Trinajstić information content (AvgIpc) is 2.41. The highest BCUT2D eigenvalue weighted by molar-refractivity contribution is 6.30. The van der Waals surface area contributed by atoms with Crippen LogP contribution in [0.1, 0.15) is 11.5 Å². The summed E-state index contributed by atoms with van der Waals surface area (Å²) in [6, 6.07) is 8.58. The van der Waals surface area contributed by atoms with Gasteiger partial charge in [0, 0.05) is 29.6 Å². The normalized spacial score (nSPS) is 10.5. The quantitative estimate of drug-likeness (QED) is 0.846. The molecule has 1 heterocycles. The summed E-state index contributed by atoms with van der Waals surface area (Å²) < 4.78 is 5.56. The maximum absolute atomic E-state index is 11.5. The van der Waals surface area contributed by atoms with Crippen LogP contribution in [0.15, 0.2) is 35.1 Å². The van der Waals surface area contributed by atoms with Gasteiger partial charge in [0.15, 0.2) is 0 Å². The van der Waals surface area contributed by atoms with Gasteiger partial charge in [-0.15, -0.1) is 0 Å². The minimum Gasteiger partial charge on any atom is -0.493 e. The van der Waals surface area contributed by atoms with E-state index in [0.717, 1.165) is 5.75 Å². The van der Waals surface area contributed by atoms with Gasteiger partial charge in [0.2, 0.25) is 0 Å². The van der Waals surface area contributed by atoms with E-state index in [0.29, 0.717) is 42.5 Å². The summed E-state index contributed by atoms with van der Waals surface area (Å²) in [5.41, 5.74) is 6.01. The van der Waals surface area contributed by atoms with Crippen LogP contribution in [0, 0.1) is 0 Å². The minimum atomic E-state index is -0.162. The van der Waals surface area contributed by atoms with E-state index >= 15 is 0 Å². The number of nitrogens with zero attached hydrogens (tertiary/aromatic N) is 1. The van der Waals surface area contributed by atoms with Gasteiger partial charge in [-0.25, -0.2) is 4.98 Å². The summed E-state index contributed by atoms with van der Waals surface area (Å²) in [6.45, 7) is 0.897. The summed E-state index contributed by atoms with van der Waals surface area (Å²) in [5, 5.41) is 0.665. The fourth-order valence-corrected chi connectivity index (χ4v) is 1.88. The van der Waals surface area contributed by atoms with Crippen molar-refractivity contribution in [1.82, 2.24) is 9.97 Å². The predicted octanol–water partition coefficient (Wildman–Crippen LogP) is 1.55. The molecule has 0 unspecified atom stereocenters. The first kappa shape index (κ1) is 14.6. The lowest BCUT2D eigenvalue weighted by Crippen LogP contribution is -2.16. The van der Waals surface area contributed by atoms with Crippen molar-refractivity contribution >= 4 is 11.6 Å². The summed E-state index contributed by atoms with van der Waals surface area (Å²) in [7, 11) is 0. The Balaban J connectivity index is 1.93. The zero-order valence-electron chi connectivity index (χ0n) is 10.9. The molecule has 0 atom stereocenters. The SMILES string of the molecule is NCCc1cc(=O)[nH]c(CCOc2ccc(Cl)cc2)n1. The largest absolute Gasteiger partial charge is 0.493 e. The maximum atomic E-state index is 11.5. The van der Waals surface area contributed by atoms with Gasteiger partial charge in [0.25, 0.3) is 5.56 Å². The lowest BCUT2D eigenvalue weighted by atomic mass is 10.3. The van der Waals surface area contributed by atoms with Crippen molar-refractivity contribution in [2.75, 3.05) is 13.2 Å². The Hall–Kier alpha value is -1.85. The van der Waals surface area contributed by atoms with Gasteiger partial charge in [0.1, 0.15) is 11.6 Å². The highest BCUT2D eigenvalue weighted by Crippen LogP contribution is 2.15. The molecule has 0 aliphatic carbocycles. The Morgan fingerprint density at radius 2 is 2.00 bits per heavy atom. The van der Waals surface area contributed by atoms with E-state index in [1.54, 1.807) is 24.3 Å². The van der Waals surface area contributed by atoms with Crippen LogP contribution in [-0.4, -0.2) is 23.1 Å². The molecule has 20 heavy (non-hydrogen) atoms. The van der Waals surface area contributed by atoms with Crippen LogP contribution < -0.4 is 16.0 Å². The molecular weight excluding hydrogens is 278 g/mol. The Labute approximate surface area is 121 Å².